The fraction of sp³-hybridized carbons (Fsp3) is 0.273. The van der Waals surface area contributed by atoms with E-state index in [1.807, 2.05) is 31.3 Å². The Balaban J connectivity index is 2.08. The van der Waals surface area contributed by atoms with E-state index in [-0.39, 0.29) is 6.04 Å². The minimum atomic E-state index is 0.177. The minimum Gasteiger partial charge on any atom is -0.469 e. The second-order valence-electron chi connectivity index (χ2n) is 3.14. The third-order valence-electron chi connectivity index (χ3n) is 2.22. The lowest BCUT2D eigenvalue weighted by atomic mass is 10.1. The zero-order valence-electron chi connectivity index (χ0n) is 8.07. The van der Waals surface area contributed by atoms with Crippen LogP contribution in [-0.2, 0) is 6.42 Å². The summed E-state index contributed by atoms with van der Waals surface area (Å²) in [7, 11) is 1.91. The molecule has 1 N–H and O–H groups in total. The molecule has 0 spiro atoms. The third-order valence-corrected chi connectivity index (χ3v) is 2.22. The van der Waals surface area contributed by atoms with Crippen LogP contribution in [0.3, 0.4) is 0 Å². The molecule has 0 bridgehead atoms. The first-order valence-electron chi connectivity index (χ1n) is 4.63. The highest BCUT2D eigenvalue weighted by Crippen LogP contribution is 2.18. The van der Waals surface area contributed by atoms with E-state index in [2.05, 4.69) is 5.32 Å². The summed E-state index contributed by atoms with van der Waals surface area (Å²) >= 11 is 0. The molecule has 0 amide bonds. The molecule has 0 saturated carbocycles. The van der Waals surface area contributed by atoms with Gasteiger partial charge in [-0.15, -0.1) is 0 Å². The molecule has 3 heteroatoms. The molecule has 2 aromatic heterocycles. The predicted molar refractivity (Wildman–Crippen MR) is 52.9 cm³/mol. The van der Waals surface area contributed by atoms with Crippen molar-refractivity contribution in [3.63, 3.8) is 0 Å². The van der Waals surface area contributed by atoms with Crippen molar-refractivity contribution in [3.8, 4) is 0 Å². The first kappa shape index (κ1) is 9.09. The van der Waals surface area contributed by atoms with Crippen LogP contribution in [0.25, 0.3) is 0 Å². The van der Waals surface area contributed by atoms with Crippen molar-refractivity contribution < 1.29 is 8.83 Å². The number of furan rings is 2. The van der Waals surface area contributed by atoms with Crippen LogP contribution in [0.15, 0.2) is 45.6 Å². The summed E-state index contributed by atoms with van der Waals surface area (Å²) in [5.74, 6) is 1.89. The van der Waals surface area contributed by atoms with E-state index in [4.69, 9.17) is 8.83 Å². The number of rotatable bonds is 4. The van der Waals surface area contributed by atoms with Crippen LogP contribution in [0.4, 0.5) is 0 Å². The number of likely N-dealkylation sites (N-methyl/N-ethyl adjacent to an activating group) is 1. The molecule has 0 aromatic carbocycles. The van der Waals surface area contributed by atoms with Crippen molar-refractivity contribution >= 4 is 0 Å². The molecular weight excluding hydrogens is 178 g/mol. The van der Waals surface area contributed by atoms with E-state index in [0.29, 0.717) is 0 Å². The highest BCUT2D eigenvalue weighted by molar-refractivity contribution is 5.09. The average Bonchev–Trinajstić information content (AvgIpc) is 2.86. The molecule has 0 aliphatic rings. The molecule has 2 aromatic rings. The summed E-state index contributed by atoms with van der Waals surface area (Å²) in [5.41, 5.74) is 0. The highest BCUT2D eigenvalue weighted by atomic mass is 16.3. The Morgan fingerprint density at radius 2 is 2.00 bits per heavy atom. The first-order chi connectivity index (χ1) is 6.90. The molecule has 2 heterocycles. The SMILES string of the molecule is CNC(Cc1ccco1)c1ccco1. The van der Waals surface area contributed by atoms with Gasteiger partial charge in [0.1, 0.15) is 11.5 Å². The van der Waals surface area contributed by atoms with Gasteiger partial charge < -0.3 is 14.2 Å². The maximum absolute atomic E-state index is 5.33. The van der Waals surface area contributed by atoms with Crippen LogP contribution in [0.1, 0.15) is 17.6 Å². The topological polar surface area (TPSA) is 38.3 Å². The van der Waals surface area contributed by atoms with Gasteiger partial charge in [0.2, 0.25) is 0 Å². The lowest BCUT2D eigenvalue weighted by Crippen LogP contribution is -2.17. The Kier molecular flexibility index (Phi) is 2.70. The van der Waals surface area contributed by atoms with E-state index < -0.39 is 0 Å². The maximum atomic E-state index is 5.33. The van der Waals surface area contributed by atoms with Gasteiger partial charge in [-0.05, 0) is 31.3 Å². The van der Waals surface area contributed by atoms with Gasteiger partial charge in [-0.3, -0.25) is 0 Å². The van der Waals surface area contributed by atoms with Crippen LogP contribution >= 0.6 is 0 Å². The molecule has 1 unspecified atom stereocenters. The van der Waals surface area contributed by atoms with Crippen LogP contribution in [0.5, 0.6) is 0 Å². The highest BCUT2D eigenvalue weighted by Gasteiger charge is 2.13. The molecular formula is C11H13NO2. The Bertz CT molecular complexity index is 351. The van der Waals surface area contributed by atoms with E-state index >= 15 is 0 Å². The van der Waals surface area contributed by atoms with Crippen molar-refractivity contribution in [2.24, 2.45) is 0 Å². The monoisotopic (exact) mass is 191 g/mol. The van der Waals surface area contributed by atoms with Gasteiger partial charge in [0.25, 0.3) is 0 Å². The second kappa shape index (κ2) is 4.15. The van der Waals surface area contributed by atoms with Crippen LogP contribution in [0.2, 0.25) is 0 Å². The van der Waals surface area contributed by atoms with Gasteiger partial charge in [0.15, 0.2) is 0 Å². The quantitative estimate of drug-likeness (QED) is 0.806. The van der Waals surface area contributed by atoms with Crippen molar-refractivity contribution in [2.45, 2.75) is 12.5 Å². The first-order valence-corrected chi connectivity index (χ1v) is 4.63. The van der Waals surface area contributed by atoms with E-state index in [9.17, 15) is 0 Å². The number of nitrogens with one attached hydrogen (secondary N) is 1. The standard InChI is InChI=1S/C11H13NO2/c1-12-10(11-5-3-7-14-11)8-9-4-2-6-13-9/h2-7,10,12H,8H2,1H3. The van der Waals surface area contributed by atoms with E-state index in [0.717, 1.165) is 17.9 Å². The summed E-state index contributed by atoms with van der Waals surface area (Å²) in [6.07, 6.45) is 4.17. The molecule has 0 fully saturated rings. The van der Waals surface area contributed by atoms with Crippen LogP contribution in [0, 0.1) is 0 Å². The van der Waals surface area contributed by atoms with Crippen LogP contribution < -0.4 is 5.32 Å². The van der Waals surface area contributed by atoms with Crippen molar-refractivity contribution in [2.75, 3.05) is 7.05 Å². The number of hydrogen-bond donors (Lipinski definition) is 1. The molecule has 0 radical (unpaired) electrons. The summed E-state index contributed by atoms with van der Waals surface area (Å²) < 4.78 is 10.6. The summed E-state index contributed by atoms with van der Waals surface area (Å²) in [5, 5.41) is 3.19. The molecule has 74 valence electrons. The maximum Gasteiger partial charge on any atom is 0.121 e. The lowest BCUT2D eigenvalue weighted by Gasteiger charge is -2.11. The fourth-order valence-corrected chi connectivity index (χ4v) is 1.46. The van der Waals surface area contributed by atoms with Gasteiger partial charge in [-0.2, -0.15) is 0 Å². The smallest absolute Gasteiger partial charge is 0.121 e. The Hall–Kier alpha value is -1.48. The van der Waals surface area contributed by atoms with Crippen molar-refractivity contribution in [3.05, 3.63) is 48.3 Å². The second-order valence-corrected chi connectivity index (χ2v) is 3.14. The Morgan fingerprint density at radius 3 is 2.57 bits per heavy atom. The zero-order chi connectivity index (χ0) is 9.80. The van der Waals surface area contributed by atoms with Gasteiger partial charge in [-0.25, -0.2) is 0 Å². The van der Waals surface area contributed by atoms with Gasteiger partial charge >= 0.3 is 0 Å². The van der Waals surface area contributed by atoms with E-state index in [1.54, 1.807) is 12.5 Å². The van der Waals surface area contributed by atoms with Crippen molar-refractivity contribution in [1.29, 1.82) is 0 Å². The van der Waals surface area contributed by atoms with Gasteiger partial charge in [0, 0.05) is 6.42 Å². The zero-order valence-corrected chi connectivity index (χ0v) is 8.07. The van der Waals surface area contributed by atoms with Gasteiger partial charge in [0.05, 0.1) is 18.6 Å². The summed E-state index contributed by atoms with van der Waals surface area (Å²) in [6.45, 7) is 0. The largest absolute Gasteiger partial charge is 0.469 e. The fourth-order valence-electron chi connectivity index (χ4n) is 1.46. The molecule has 0 aliphatic carbocycles. The van der Waals surface area contributed by atoms with Crippen molar-refractivity contribution in [1.82, 2.24) is 5.32 Å². The lowest BCUT2D eigenvalue weighted by molar-refractivity contribution is 0.401. The predicted octanol–water partition coefficient (Wildman–Crippen LogP) is 2.38. The molecule has 14 heavy (non-hydrogen) atoms. The third kappa shape index (κ3) is 1.88. The minimum absolute atomic E-state index is 0.177. The van der Waals surface area contributed by atoms with Gasteiger partial charge in [-0.1, -0.05) is 0 Å². The molecule has 3 nitrogen and oxygen atoms in total. The normalized spacial score (nSPS) is 12.9. The summed E-state index contributed by atoms with van der Waals surface area (Å²) in [6, 6.07) is 7.89. The molecule has 2 rings (SSSR count). The molecule has 0 saturated heterocycles. The average molecular weight is 191 g/mol. The molecule has 1 atom stereocenters. The molecule has 0 aliphatic heterocycles. The van der Waals surface area contributed by atoms with Crippen LogP contribution in [-0.4, -0.2) is 7.05 Å². The summed E-state index contributed by atoms with van der Waals surface area (Å²) in [4.78, 5) is 0. The number of hydrogen-bond acceptors (Lipinski definition) is 3. The Labute approximate surface area is 82.7 Å². The Morgan fingerprint density at radius 1 is 1.21 bits per heavy atom. The van der Waals surface area contributed by atoms with E-state index in [1.165, 1.54) is 0 Å².